The Bertz CT molecular complexity index is 1690. The Labute approximate surface area is 249 Å². The summed E-state index contributed by atoms with van der Waals surface area (Å²) in [5, 5.41) is 0. The van der Waals surface area contributed by atoms with Crippen LogP contribution in [0.2, 0.25) is 0 Å². The molecule has 5 rings (SSSR count). The Kier molecular flexibility index (Phi) is 9.10. The first-order valence-corrected chi connectivity index (χ1v) is 15.3. The maximum absolute atomic E-state index is 12.7. The maximum Gasteiger partial charge on any atom is 0.359 e. The van der Waals surface area contributed by atoms with Gasteiger partial charge < -0.3 is 23.9 Å². The molecule has 3 aromatic heterocycles. The van der Waals surface area contributed by atoms with Crippen LogP contribution in [-0.4, -0.2) is 83.8 Å². The van der Waals surface area contributed by atoms with Gasteiger partial charge in [-0.25, -0.2) is 42.9 Å². The Balaban J connectivity index is 1.48. The molecular formula is C27H34N10O5S. The van der Waals surface area contributed by atoms with Crippen LogP contribution in [0, 0.1) is 0 Å². The molecule has 0 radical (unpaired) electrons. The number of anilines is 2. The van der Waals surface area contributed by atoms with Crippen molar-refractivity contribution < 1.29 is 22.8 Å². The van der Waals surface area contributed by atoms with Gasteiger partial charge in [-0.2, -0.15) is 5.90 Å². The molecule has 4 heterocycles. The second-order valence-corrected chi connectivity index (χ2v) is 11.8. The number of carbonyl (C=O) groups excluding carboxylic acids is 1. The van der Waals surface area contributed by atoms with Crippen molar-refractivity contribution in [2.75, 3.05) is 49.7 Å². The molecule has 0 saturated carbocycles. The molecule has 43 heavy (non-hydrogen) atoms. The van der Waals surface area contributed by atoms with Crippen LogP contribution in [0.5, 0.6) is 0 Å². The van der Waals surface area contributed by atoms with Crippen LogP contribution in [0.15, 0.2) is 41.6 Å². The number of aryl methyl sites for hydroxylation is 1. The molecule has 0 bridgehead atoms. The SMILES string of the molecule is CCCCNS(=O)(=O)c1ccc(-c2nc(N3CCOCC3)c3nc(CN(C)c4ncc(C(=O)ON)cn4)n(C)c3n2)cc1. The summed E-state index contributed by atoms with van der Waals surface area (Å²) in [6.07, 6.45) is 4.35. The van der Waals surface area contributed by atoms with Gasteiger partial charge in [-0.3, -0.25) is 0 Å². The lowest BCUT2D eigenvalue weighted by Gasteiger charge is -2.28. The van der Waals surface area contributed by atoms with Crippen molar-refractivity contribution in [2.45, 2.75) is 31.2 Å². The van der Waals surface area contributed by atoms with Gasteiger partial charge in [0, 0.05) is 51.7 Å². The number of unbranched alkanes of at least 4 members (excludes halogenated alkanes) is 1. The number of aromatic nitrogens is 6. The Morgan fingerprint density at radius 1 is 1.12 bits per heavy atom. The monoisotopic (exact) mass is 610 g/mol. The number of sulfonamides is 1. The fourth-order valence-electron chi connectivity index (χ4n) is 4.58. The van der Waals surface area contributed by atoms with Crippen LogP contribution in [0.1, 0.15) is 35.9 Å². The van der Waals surface area contributed by atoms with E-state index in [9.17, 15) is 13.2 Å². The first-order chi connectivity index (χ1) is 20.7. The van der Waals surface area contributed by atoms with E-state index in [2.05, 4.69) is 24.4 Å². The van der Waals surface area contributed by atoms with Crippen LogP contribution in [0.3, 0.4) is 0 Å². The van der Waals surface area contributed by atoms with E-state index in [1.165, 1.54) is 12.4 Å². The normalized spacial score (nSPS) is 13.8. The molecule has 1 aliphatic rings. The minimum atomic E-state index is -3.61. The van der Waals surface area contributed by atoms with Crippen LogP contribution >= 0.6 is 0 Å². The topological polar surface area (TPSA) is 184 Å². The number of ether oxygens (including phenoxy) is 1. The number of imidazole rings is 1. The molecule has 4 aromatic rings. The summed E-state index contributed by atoms with van der Waals surface area (Å²) in [4.78, 5) is 43.1. The quantitative estimate of drug-likeness (QED) is 0.184. The Hall–Kier alpha value is -4.25. The fourth-order valence-corrected chi connectivity index (χ4v) is 5.66. The van der Waals surface area contributed by atoms with Crippen molar-refractivity contribution >= 4 is 38.9 Å². The summed E-state index contributed by atoms with van der Waals surface area (Å²) in [7, 11) is 0.0723. The number of benzene rings is 1. The minimum absolute atomic E-state index is 0.138. The van der Waals surface area contributed by atoms with Crippen molar-refractivity contribution in [1.29, 1.82) is 0 Å². The number of hydrogen-bond donors (Lipinski definition) is 2. The molecule has 16 heteroatoms. The molecule has 0 spiro atoms. The predicted molar refractivity (Wildman–Crippen MR) is 159 cm³/mol. The van der Waals surface area contributed by atoms with E-state index in [1.54, 1.807) is 29.2 Å². The van der Waals surface area contributed by atoms with Gasteiger partial charge in [-0.05, 0) is 30.7 Å². The number of hydrogen-bond acceptors (Lipinski definition) is 13. The smallest absolute Gasteiger partial charge is 0.359 e. The molecule has 1 fully saturated rings. The minimum Gasteiger partial charge on any atom is -0.378 e. The number of nitrogens with zero attached hydrogens (tertiary/aromatic N) is 8. The molecule has 1 aliphatic heterocycles. The average Bonchev–Trinajstić information content (AvgIpc) is 3.35. The van der Waals surface area contributed by atoms with E-state index in [0.29, 0.717) is 79.5 Å². The Morgan fingerprint density at radius 2 is 1.81 bits per heavy atom. The van der Waals surface area contributed by atoms with Gasteiger partial charge in [-0.15, -0.1) is 0 Å². The second kappa shape index (κ2) is 12.9. The molecular weight excluding hydrogens is 576 g/mol. The highest BCUT2D eigenvalue weighted by Gasteiger charge is 2.24. The first-order valence-electron chi connectivity index (χ1n) is 13.8. The van der Waals surface area contributed by atoms with E-state index in [0.717, 1.165) is 12.8 Å². The largest absolute Gasteiger partial charge is 0.378 e. The molecule has 1 saturated heterocycles. The number of nitrogens with two attached hydrogens (primary N) is 1. The van der Waals surface area contributed by atoms with Gasteiger partial charge in [0.1, 0.15) is 5.82 Å². The third kappa shape index (κ3) is 6.56. The predicted octanol–water partition coefficient (Wildman–Crippen LogP) is 1.40. The molecule has 15 nitrogen and oxygen atoms in total. The highest BCUT2D eigenvalue weighted by atomic mass is 32.2. The van der Waals surface area contributed by atoms with E-state index in [1.807, 2.05) is 25.6 Å². The van der Waals surface area contributed by atoms with Crippen molar-refractivity contribution in [1.82, 2.24) is 34.2 Å². The number of carbonyl (C=O) groups is 1. The maximum atomic E-state index is 12.7. The average molecular weight is 611 g/mol. The van der Waals surface area contributed by atoms with E-state index in [4.69, 9.17) is 25.6 Å². The second-order valence-electron chi connectivity index (χ2n) is 10.0. The highest BCUT2D eigenvalue weighted by Crippen LogP contribution is 2.29. The molecule has 228 valence electrons. The van der Waals surface area contributed by atoms with Gasteiger partial charge in [0.2, 0.25) is 16.0 Å². The fraction of sp³-hybridized carbons (Fsp3) is 0.407. The van der Waals surface area contributed by atoms with Crippen LogP contribution in [0.25, 0.3) is 22.6 Å². The van der Waals surface area contributed by atoms with Crippen molar-refractivity contribution in [3.8, 4) is 11.4 Å². The lowest BCUT2D eigenvalue weighted by molar-refractivity contribution is 0.0502. The zero-order valence-corrected chi connectivity index (χ0v) is 25.0. The number of nitrogens with one attached hydrogen (secondary N) is 1. The lowest BCUT2D eigenvalue weighted by atomic mass is 10.2. The van der Waals surface area contributed by atoms with E-state index in [-0.39, 0.29) is 10.5 Å². The Morgan fingerprint density at radius 3 is 2.47 bits per heavy atom. The number of rotatable bonds is 11. The van der Waals surface area contributed by atoms with Crippen molar-refractivity contribution in [3.63, 3.8) is 0 Å². The van der Waals surface area contributed by atoms with Crippen LogP contribution in [0.4, 0.5) is 11.8 Å². The first kappa shape index (κ1) is 30.2. The van der Waals surface area contributed by atoms with Crippen LogP contribution in [-0.2, 0) is 33.2 Å². The van der Waals surface area contributed by atoms with Gasteiger partial charge >= 0.3 is 5.97 Å². The third-order valence-electron chi connectivity index (χ3n) is 7.05. The standard InChI is InChI=1S/C27H34N10O5S/c1-4-5-10-31-43(39,40)20-8-6-18(7-9-20)23-33-24-22(25(34-23)37-11-13-41-14-12-37)32-21(36(24)3)17-35(2)27-29-15-19(16-30-27)26(38)42-28/h6-9,15-16,31H,4-5,10-14,17,28H2,1-3H3. The van der Waals surface area contributed by atoms with E-state index >= 15 is 0 Å². The molecule has 0 aliphatic carbocycles. The number of morpholine rings is 1. The summed E-state index contributed by atoms with van der Waals surface area (Å²) in [6, 6.07) is 6.55. The highest BCUT2D eigenvalue weighted by molar-refractivity contribution is 7.89. The summed E-state index contributed by atoms with van der Waals surface area (Å²) in [5.41, 5.74) is 2.07. The van der Waals surface area contributed by atoms with Gasteiger partial charge in [0.05, 0.1) is 30.2 Å². The number of fused-ring (bicyclic) bond motifs is 1. The zero-order valence-electron chi connectivity index (χ0n) is 24.2. The summed E-state index contributed by atoms with van der Waals surface area (Å²) in [5.74, 6) is 6.40. The summed E-state index contributed by atoms with van der Waals surface area (Å²) in [6.45, 7) is 5.14. The summed E-state index contributed by atoms with van der Waals surface area (Å²) >= 11 is 0. The molecule has 3 N–H and O–H groups in total. The van der Waals surface area contributed by atoms with Gasteiger partial charge in [-0.1, -0.05) is 13.3 Å². The molecule has 0 atom stereocenters. The third-order valence-corrected chi connectivity index (χ3v) is 8.53. The zero-order chi connectivity index (χ0) is 30.6. The lowest BCUT2D eigenvalue weighted by Crippen LogP contribution is -2.37. The van der Waals surface area contributed by atoms with Gasteiger partial charge in [0.25, 0.3) is 0 Å². The molecule has 0 unspecified atom stereocenters. The van der Waals surface area contributed by atoms with Crippen molar-refractivity contribution in [2.24, 2.45) is 12.9 Å². The molecule has 0 amide bonds. The summed E-state index contributed by atoms with van der Waals surface area (Å²) < 4.78 is 35.4. The van der Waals surface area contributed by atoms with Crippen molar-refractivity contribution in [3.05, 3.63) is 48.0 Å². The van der Waals surface area contributed by atoms with E-state index < -0.39 is 16.0 Å². The van der Waals surface area contributed by atoms with Gasteiger partial charge in [0.15, 0.2) is 22.8 Å². The molecule has 1 aromatic carbocycles. The van der Waals surface area contributed by atoms with Crippen LogP contribution < -0.4 is 20.4 Å².